The maximum atomic E-state index is 13.0. The number of rotatable bonds is 4. The number of nitrogens with one attached hydrogen (secondary N) is 1. The molecule has 0 radical (unpaired) electrons. The minimum atomic E-state index is -0.318. The summed E-state index contributed by atoms with van der Waals surface area (Å²) < 4.78 is 13.0. The van der Waals surface area contributed by atoms with Crippen LogP contribution in [-0.2, 0) is 0 Å². The molecule has 1 aliphatic heterocycles. The Hall–Kier alpha value is -2.28. The van der Waals surface area contributed by atoms with Crippen molar-refractivity contribution in [1.29, 1.82) is 0 Å². The predicted octanol–water partition coefficient (Wildman–Crippen LogP) is 1.48. The fourth-order valence-corrected chi connectivity index (χ4v) is 2.93. The standard InChI is InChI=1S/C16H20FN5O/c1-18-9-12-3-2-8-21(11-12)16(23)15-10-19-22(20-15)14-6-4-13(17)5-7-14/h4-7,10,12,18H,2-3,8-9,11H2,1H3. The molecule has 122 valence electrons. The van der Waals surface area contributed by atoms with Gasteiger partial charge in [0, 0.05) is 13.1 Å². The van der Waals surface area contributed by atoms with Crippen LogP contribution < -0.4 is 5.32 Å². The molecule has 0 saturated carbocycles. The first-order valence-electron chi connectivity index (χ1n) is 7.79. The average Bonchev–Trinajstić information content (AvgIpc) is 3.05. The number of carbonyl (C=O) groups excluding carboxylic acids is 1. The van der Waals surface area contributed by atoms with Crippen molar-refractivity contribution >= 4 is 5.91 Å². The van der Waals surface area contributed by atoms with Gasteiger partial charge in [-0.2, -0.15) is 9.90 Å². The van der Waals surface area contributed by atoms with Crippen molar-refractivity contribution in [2.24, 2.45) is 5.92 Å². The van der Waals surface area contributed by atoms with Crippen molar-refractivity contribution < 1.29 is 9.18 Å². The first-order chi connectivity index (χ1) is 11.2. The van der Waals surface area contributed by atoms with E-state index in [-0.39, 0.29) is 11.7 Å². The van der Waals surface area contributed by atoms with Crippen LogP contribution in [0.2, 0.25) is 0 Å². The van der Waals surface area contributed by atoms with Crippen molar-refractivity contribution in [2.75, 3.05) is 26.7 Å². The molecule has 2 heterocycles. The molecule has 1 amide bonds. The van der Waals surface area contributed by atoms with Crippen LogP contribution in [0, 0.1) is 11.7 Å². The molecule has 23 heavy (non-hydrogen) atoms. The summed E-state index contributed by atoms with van der Waals surface area (Å²) in [6, 6.07) is 5.83. The molecule has 1 unspecified atom stereocenters. The minimum Gasteiger partial charge on any atom is -0.337 e. The highest BCUT2D eigenvalue weighted by Gasteiger charge is 2.25. The minimum absolute atomic E-state index is 0.0980. The molecule has 6 nitrogen and oxygen atoms in total. The summed E-state index contributed by atoms with van der Waals surface area (Å²) in [5, 5.41) is 11.5. The SMILES string of the molecule is CNCC1CCCN(C(=O)c2cnn(-c3ccc(F)cc3)n2)C1. The van der Waals surface area contributed by atoms with E-state index in [9.17, 15) is 9.18 Å². The van der Waals surface area contributed by atoms with Gasteiger partial charge in [0.1, 0.15) is 5.82 Å². The number of benzene rings is 1. The molecule has 0 spiro atoms. The molecule has 2 aromatic rings. The second kappa shape index (κ2) is 6.87. The third kappa shape index (κ3) is 3.56. The topological polar surface area (TPSA) is 63.1 Å². The van der Waals surface area contributed by atoms with Crippen LogP contribution in [-0.4, -0.2) is 52.5 Å². The van der Waals surface area contributed by atoms with Gasteiger partial charge in [-0.15, -0.1) is 5.10 Å². The molecule has 1 atom stereocenters. The van der Waals surface area contributed by atoms with E-state index in [4.69, 9.17) is 0 Å². The van der Waals surface area contributed by atoms with Crippen LogP contribution in [0.25, 0.3) is 5.69 Å². The van der Waals surface area contributed by atoms with Gasteiger partial charge in [-0.3, -0.25) is 4.79 Å². The first-order valence-corrected chi connectivity index (χ1v) is 7.79. The molecule has 1 aromatic heterocycles. The van der Waals surface area contributed by atoms with E-state index in [1.807, 2.05) is 11.9 Å². The van der Waals surface area contributed by atoms with Crippen LogP contribution in [0.1, 0.15) is 23.3 Å². The highest BCUT2D eigenvalue weighted by Crippen LogP contribution is 2.17. The molecular formula is C16H20FN5O. The molecular weight excluding hydrogens is 297 g/mol. The maximum Gasteiger partial charge on any atom is 0.276 e. The zero-order valence-electron chi connectivity index (χ0n) is 13.1. The Morgan fingerprint density at radius 3 is 2.91 bits per heavy atom. The van der Waals surface area contributed by atoms with Crippen molar-refractivity contribution in [3.63, 3.8) is 0 Å². The lowest BCUT2D eigenvalue weighted by Gasteiger charge is -2.32. The van der Waals surface area contributed by atoms with Crippen molar-refractivity contribution in [3.05, 3.63) is 42.0 Å². The summed E-state index contributed by atoms with van der Waals surface area (Å²) in [7, 11) is 1.93. The van der Waals surface area contributed by atoms with E-state index in [1.165, 1.54) is 23.1 Å². The fraction of sp³-hybridized carbons (Fsp3) is 0.438. The Kier molecular flexibility index (Phi) is 4.66. The van der Waals surface area contributed by atoms with Crippen LogP contribution in [0.4, 0.5) is 4.39 Å². The summed E-state index contributed by atoms with van der Waals surface area (Å²) in [4.78, 5) is 15.8. The largest absolute Gasteiger partial charge is 0.337 e. The molecule has 1 aromatic carbocycles. The van der Waals surface area contributed by atoms with Gasteiger partial charge in [-0.05, 0) is 56.6 Å². The van der Waals surface area contributed by atoms with Crippen molar-refractivity contribution in [1.82, 2.24) is 25.2 Å². The summed E-state index contributed by atoms with van der Waals surface area (Å²) in [6.07, 6.45) is 3.60. The van der Waals surface area contributed by atoms with E-state index in [0.29, 0.717) is 17.3 Å². The van der Waals surface area contributed by atoms with Gasteiger partial charge < -0.3 is 10.2 Å². The Morgan fingerprint density at radius 1 is 1.39 bits per heavy atom. The number of nitrogens with zero attached hydrogens (tertiary/aromatic N) is 4. The number of halogens is 1. The van der Waals surface area contributed by atoms with Crippen LogP contribution in [0.3, 0.4) is 0 Å². The number of likely N-dealkylation sites (tertiary alicyclic amines) is 1. The molecule has 7 heteroatoms. The molecule has 0 aliphatic carbocycles. The third-order valence-corrected chi connectivity index (χ3v) is 4.07. The molecule has 1 aliphatic rings. The van der Waals surface area contributed by atoms with Gasteiger partial charge in [0.05, 0.1) is 11.9 Å². The number of piperidine rings is 1. The monoisotopic (exact) mass is 317 g/mol. The average molecular weight is 317 g/mol. The predicted molar refractivity (Wildman–Crippen MR) is 83.9 cm³/mol. The van der Waals surface area contributed by atoms with Gasteiger partial charge >= 0.3 is 0 Å². The highest BCUT2D eigenvalue weighted by atomic mass is 19.1. The van der Waals surface area contributed by atoms with E-state index < -0.39 is 0 Å². The van der Waals surface area contributed by atoms with Gasteiger partial charge in [0.15, 0.2) is 5.69 Å². The first kappa shape index (κ1) is 15.6. The Morgan fingerprint density at radius 2 is 2.17 bits per heavy atom. The van der Waals surface area contributed by atoms with Crippen LogP contribution >= 0.6 is 0 Å². The Bertz CT molecular complexity index is 667. The van der Waals surface area contributed by atoms with Gasteiger partial charge in [0.25, 0.3) is 5.91 Å². The summed E-state index contributed by atoms with van der Waals surface area (Å²) in [5.74, 6) is 0.0603. The molecule has 3 rings (SSSR count). The summed E-state index contributed by atoms with van der Waals surface area (Å²) >= 11 is 0. The number of carbonyl (C=O) groups is 1. The zero-order chi connectivity index (χ0) is 16.2. The zero-order valence-corrected chi connectivity index (χ0v) is 13.1. The summed E-state index contributed by atoms with van der Waals surface area (Å²) in [6.45, 7) is 2.40. The smallest absolute Gasteiger partial charge is 0.276 e. The maximum absolute atomic E-state index is 13.0. The van der Waals surface area contributed by atoms with E-state index in [0.717, 1.165) is 32.5 Å². The number of amides is 1. The Labute approximate surface area is 134 Å². The molecule has 1 N–H and O–H groups in total. The lowest BCUT2D eigenvalue weighted by molar-refractivity contribution is 0.0668. The fourth-order valence-electron chi connectivity index (χ4n) is 2.93. The third-order valence-electron chi connectivity index (χ3n) is 4.07. The number of aromatic nitrogens is 3. The lowest BCUT2D eigenvalue weighted by atomic mass is 9.98. The normalized spacial score (nSPS) is 18.2. The van der Waals surface area contributed by atoms with E-state index in [2.05, 4.69) is 15.5 Å². The molecule has 1 saturated heterocycles. The number of hydrogen-bond donors (Lipinski definition) is 1. The van der Waals surface area contributed by atoms with E-state index >= 15 is 0 Å². The van der Waals surface area contributed by atoms with Crippen LogP contribution in [0.15, 0.2) is 30.5 Å². The molecule has 1 fully saturated rings. The second-order valence-corrected chi connectivity index (χ2v) is 5.81. The van der Waals surface area contributed by atoms with Crippen LogP contribution in [0.5, 0.6) is 0 Å². The quantitative estimate of drug-likeness (QED) is 0.928. The van der Waals surface area contributed by atoms with Gasteiger partial charge in [-0.25, -0.2) is 4.39 Å². The van der Waals surface area contributed by atoms with Crippen molar-refractivity contribution in [2.45, 2.75) is 12.8 Å². The second-order valence-electron chi connectivity index (χ2n) is 5.81. The lowest BCUT2D eigenvalue weighted by Crippen LogP contribution is -2.42. The van der Waals surface area contributed by atoms with Gasteiger partial charge in [0.2, 0.25) is 0 Å². The van der Waals surface area contributed by atoms with Crippen molar-refractivity contribution in [3.8, 4) is 5.69 Å². The van der Waals surface area contributed by atoms with E-state index in [1.54, 1.807) is 12.1 Å². The summed E-state index contributed by atoms with van der Waals surface area (Å²) in [5.41, 5.74) is 0.941. The highest BCUT2D eigenvalue weighted by molar-refractivity contribution is 5.92. The molecule has 0 bridgehead atoms. The van der Waals surface area contributed by atoms with Gasteiger partial charge in [-0.1, -0.05) is 0 Å². The Balaban J connectivity index is 1.72. The number of hydrogen-bond acceptors (Lipinski definition) is 4.